The van der Waals surface area contributed by atoms with Crippen LogP contribution in [-0.4, -0.2) is 49.6 Å². The summed E-state index contributed by atoms with van der Waals surface area (Å²) in [5.74, 6) is 0.583. The van der Waals surface area contributed by atoms with Crippen molar-refractivity contribution in [3.8, 4) is 0 Å². The lowest BCUT2D eigenvalue weighted by Gasteiger charge is -2.35. The molecule has 2 rings (SSSR count). The molecule has 2 N–H and O–H groups in total. The molecule has 2 fully saturated rings. The summed E-state index contributed by atoms with van der Waals surface area (Å²) in [6, 6.07) is 0.358. The van der Waals surface area contributed by atoms with Crippen molar-refractivity contribution in [2.24, 2.45) is 5.92 Å². The molecular weight excluding hydrogens is 214 g/mol. The van der Waals surface area contributed by atoms with Gasteiger partial charge in [0, 0.05) is 32.2 Å². The van der Waals surface area contributed by atoms with Gasteiger partial charge in [0.2, 0.25) is 5.91 Å². The molecule has 0 bridgehead atoms. The van der Waals surface area contributed by atoms with Gasteiger partial charge in [-0.25, -0.2) is 0 Å². The molecule has 0 aromatic carbocycles. The van der Waals surface area contributed by atoms with Crippen molar-refractivity contribution in [1.82, 2.24) is 15.5 Å². The molecule has 88 valence electrons. The van der Waals surface area contributed by atoms with Crippen LogP contribution in [0.4, 0.5) is 0 Å². The van der Waals surface area contributed by atoms with Gasteiger partial charge in [0.05, 0.1) is 5.92 Å². The van der Waals surface area contributed by atoms with Crippen molar-refractivity contribution in [2.75, 3.05) is 32.7 Å². The Morgan fingerprint density at radius 2 is 2.00 bits per heavy atom. The lowest BCUT2D eigenvalue weighted by molar-refractivity contribution is -0.137. The standard InChI is InChI=1S/C10H19N3O.ClH/c1-8-6-12-4-5-13(8)10(14)9-2-3-11-7-9;/h8-9,11-12H,2-7H2,1H3;1H/t8?,9-;/m1./s1. The largest absolute Gasteiger partial charge is 0.337 e. The Labute approximate surface area is 97.2 Å². The highest BCUT2D eigenvalue weighted by Gasteiger charge is 2.30. The fraction of sp³-hybridized carbons (Fsp3) is 0.900. The Bertz CT molecular complexity index is 219. The van der Waals surface area contributed by atoms with Crippen LogP contribution >= 0.6 is 12.4 Å². The van der Waals surface area contributed by atoms with E-state index in [1.165, 1.54) is 0 Å². The van der Waals surface area contributed by atoms with Gasteiger partial charge in [0.25, 0.3) is 0 Å². The van der Waals surface area contributed by atoms with Crippen LogP contribution in [0.1, 0.15) is 13.3 Å². The van der Waals surface area contributed by atoms with Crippen LogP contribution in [0, 0.1) is 5.92 Å². The zero-order valence-corrected chi connectivity index (χ0v) is 9.98. The highest BCUT2D eigenvalue weighted by Crippen LogP contribution is 2.14. The van der Waals surface area contributed by atoms with Crippen LogP contribution in [-0.2, 0) is 4.79 Å². The van der Waals surface area contributed by atoms with Crippen LogP contribution in [0.2, 0.25) is 0 Å². The minimum Gasteiger partial charge on any atom is -0.337 e. The predicted molar refractivity (Wildman–Crippen MR) is 62.3 cm³/mol. The maximum absolute atomic E-state index is 12.1. The van der Waals surface area contributed by atoms with Crippen molar-refractivity contribution in [3.05, 3.63) is 0 Å². The fourth-order valence-electron chi connectivity index (χ4n) is 2.27. The van der Waals surface area contributed by atoms with Crippen molar-refractivity contribution >= 4 is 18.3 Å². The number of amides is 1. The van der Waals surface area contributed by atoms with Gasteiger partial charge < -0.3 is 15.5 Å². The van der Waals surface area contributed by atoms with Gasteiger partial charge in [-0.2, -0.15) is 0 Å². The topological polar surface area (TPSA) is 44.4 Å². The first-order chi connectivity index (χ1) is 6.79. The van der Waals surface area contributed by atoms with Crippen LogP contribution < -0.4 is 10.6 Å². The number of hydrogen-bond donors (Lipinski definition) is 2. The van der Waals surface area contributed by atoms with Gasteiger partial charge in [0.15, 0.2) is 0 Å². The summed E-state index contributed by atoms with van der Waals surface area (Å²) in [4.78, 5) is 14.1. The van der Waals surface area contributed by atoms with E-state index in [1.54, 1.807) is 0 Å². The summed E-state index contributed by atoms with van der Waals surface area (Å²) in [5, 5.41) is 6.54. The Morgan fingerprint density at radius 3 is 2.60 bits per heavy atom. The average molecular weight is 234 g/mol. The summed E-state index contributed by atoms with van der Waals surface area (Å²) >= 11 is 0. The summed E-state index contributed by atoms with van der Waals surface area (Å²) in [6.07, 6.45) is 1.01. The zero-order chi connectivity index (χ0) is 9.97. The second-order valence-corrected chi connectivity index (χ2v) is 4.27. The lowest BCUT2D eigenvalue weighted by atomic mass is 10.1. The molecule has 2 aliphatic heterocycles. The minimum absolute atomic E-state index is 0. The molecular formula is C10H20ClN3O. The number of piperazine rings is 1. The van der Waals surface area contributed by atoms with Crippen LogP contribution in [0.3, 0.4) is 0 Å². The summed E-state index contributed by atoms with van der Waals surface area (Å²) in [5.41, 5.74) is 0. The van der Waals surface area contributed by atoms with Gasteiger partial charge >= 0.3 is 0 Å². The van der Waals surface area contributed by atoms with Gasteiger partial charge in [-0.05, 0) is 19.9 Å². The van der Waals surface area contributed by atoms with Gasteiger partial charge in [0.1, 0.15) is 0 Å². The second kappa shape index (κ2) is 5.68. The van der Waals surface area contributed by atoms with Crippen LogP contribution in [0.5, 0.6) is 0 Å². The van der Waals surface area contributed by atoms with Gasteiger partial charge in [-0.1, -0.05) is 0 Å². The molecule has 2 saturated heterocycles. The molecule has 0 saturated carbocycles. The molecule has 2 atom stereocenters. The Kier molecular flexibility index (Phi) is 4.83. The quantitative estimate of drug-likeness (QED) is 0.662. The van der Waals surface area contributed by atoms with E-state index < -0.39 is 0 Å². The highest BCUT2D eigenvalue weighted by atomic mass is 35.5. The van der Waals surface area contributed by atoms with Crippen LogP contribution in [0.15, 0.2) is 0 Å². The van der Waals surface area contributed by atoms with Crippen molar-refractivity contribution in [1.29, 1.82) is 0 Å². The van der Waals surface area contributed by atoms with E-state index in [-0.39, 0.29) is 18.3 Å². The third-order valence-corrected chi connectivity index (χ3v) is 3.19. The number of hydrogen-bond acceptors (Lipinski definition) is 3. The predicted octanol–water partition coefficient (Wildman–Crippen LogP) is -0.162. The normalized spacial score (nSPS) is 31.1. The van der Waals surface area contributed by atoms with Crippen LogP contribution in [0.25, 0.3) is 0 Å². The van der Waals surface area contributed by atoms with E-state index in [9.17, 15) is 4.79 Å². The Morgan fingerprint density at radius 1 is 1.27 bits per heavy atom. The molecule has 0 radical (unpaired) electrons. The maximum atomic E-state index is 12.1. The first-order valence-electron chi connectivity index (χ1n) is 5.51. The van der Waals surface area contributed by atoms with Crippen molar-refractivity contribution in [3.63, 3.8) is 0 Å². The molecule has 15 heavy (non-hydrogen) atoms. The summed E-state index contributed by atoms with van der Waals surface area (Å²) in [7, 11) is 0. The number of nitrogens with one attached hydrogen (secondary N) is 2. The number of carbonyl (C=O) groups excluding carboxylic acids is 1. The first kappa shape index (κ1) is 12.7. The molecule has 1 amide bonds. The maximum Gasteiger partial charge on any atom is 0.227 e. The van der Waals surface area contributed by atoms with E-state index in [0.717, 1.165) is 39.1 Å². The summed E-state index contributed by atoms with van der Waals surface area (Å²) < 4.78 is 0. The van der Waals surface area contributed by atoms with E-state index in [4.69, 9.17) is 0 Å². The molecule has 0 spiro atoms. The molecule has 2 aliphatic rings. The Balaban J connectivity index is 0.00000112. The third-order valence-electron chi connectivity index (χ3n) is 3.19. The number of carbonyl (C=O) groups is 1. The van der Waals surface area contributed by atoms with Crippen molar-refractivity contribution in [2.45, 2.75) is 19.4 Å². The second-order valence-electron chi connectivity index (χ2n) is 4.27. The van der Waals surface area contributed by atoms with E-state index in [2.05, 4.69) is 17.6 Å². The number of nitrogens with zero attached hydrogens (tertiary/aromatic N) is 1. The number of halogens is 1. The molecule has 0 aromatic rings. The number of rotatable bonds is 1. The van der Waals surface area contributed by atoms with E-state index in [1.807, 2.05) is 4.90 Å². The minimum atomic E-state index is 0. The summed E-state index contributed by atoms with van der Waals surface area (Å²) in [6.45, 7) is 6.73. The van der Waals surface area contributed by atoms with E-state index >= 15 is 0 Å². The lowest BCUT2D eigenvalue weighted by Crippen LogP contribution is -2.54. The average Bonchev–Trinajstić information content (AvgIpc) is 2.70. The zero-order valence-electron chi connectivity index (χ0n) is 9.16. The fourth-order valence-corrected chi connectivity index (χ4v) is 2.27. The van der Waals surface area contributed by atoms with Gasteiger partial charge in [-0.3, -0.25) is 4.79 Å². The van der Waals surface area contributed by atoms with E-state index in [0.29, 0.717) is 11.9 Å². The molecule has 0 aromatic heterocycles. The smallest absolute Gasteiger partial charge is 0.227 e. The Hall–Kier alpha value is -0.320. The third kappa shape index (κ3) is 2.83. The molecule has 0 aliphatic carbocycles. The highest BCUT2D eigenvalue weighted by molar-refractivity contribution is 5.85. The molecule has 5 heteroatoms. The molecule has 2 heterocycles. The van der Waals surface area contributed by atoms with Gasteiger partial charge in [-0.15, -0.1) is 12.4 Å². The molecule has 4 nitrogen and oxygen atoms in total. The molecule has 1 unspecified atom stereocenters. The van der Waals surface area contributed by atoms with Crippen molar-refractivity contribution < 1.29 is 4.79 Å². The SMILES string of the molecule is CC1CNCCN1C(=O)[C@@H]1CCNC1.Cl. The first-order valence-corrected chi connectivity index (χ1v) is 5.51. The monoisotopic (exact) mass is 233 g/mol.